The van der Waals surface area contributed by atoms with Crippen LogP contribution in [0.1, 0.15) is 28.8 Å². The fourth-order valence-corrected chi connectivity index (χ4v) is 6.78. The first-order valence-corrected chi connectivity index (χ1v) is 16.9. The summed E-state index contributed by atoms with van der Waals surface area (Å²) < 4.78 is 32.6. The van der Waals surface area contributed by atoms with Crippen molar-refractivity contribution in [3.05, 3.63) is 131 Å². The summed E-state index contributed by atoms with van der Waals surface area (Å²) in [5, 5.41) is 34.1. The Morgan fingerprint density at radius 3 is 2.08 bits per heavy atom. The van der Waals surface area contributed by atoms with E-state index in [9.17, 15) is 43.3 Å². The largest absolute Gasteiger partial charge is 0.484 e. The predicted octanol–water partition coefficient (Wildman–Crippen LogP) is 3.56. The molecule has 1 unspecified atom stereocenters. The Labute approximate surface area is 296 Å². The van der Waals surface area contributed by atoms with Gasteiger partial charge in [0.2, 0.25) is 11.8 Å². The van der Waals surface area contributed by atoms with Crippen molar-refractivity contribution in [2.45, 2.75) is 35.9 Å². The lowest BCUT2D eigenvalue weighted by Crippen LogP contribution is -2.57. The first-order chi connectivity index (χ1) is 24.5. The Morgan fingerprint density at radius 2 is 1.47 bits per heavy atom. The van der Waals surface area contributed by atoms with E-state index in [1.807, 2.05) is 0 Å². The average molecular weight is 720 g/mol. The van der Waals surface area contributed by atoms with Gasteiger partial charge in [-0.3, -0.25) is 14.4 Å². The molecule has 266 valence electrons. The van der Waals surface area contributed by atoms with E-state index in [1.54, 1.807) is 54.6 Å². The van der Waals surface area contributed by atoms with E-state index in [0.717, 1.165) is 0 Å². The summed E-state index contributed by atoms with van der Waals surface area (Å²) in [5.74, 6) is -3.59. The SMILES string of the molecule is O=C(COc1ccc([C@@H]2[C@@H](SCC(O)c3ccc(F)cc3)C(=O)N2c2ccc(F)cc2)cc1)N[C@H](CO)C(=O)N[C@H](Cc1ccccc1)C(=O)O. The Morgan fingerprint density at radius 1 is 0.843 bits per heavy atom. The first-order valence-electron chi connectivity index (χ1n) is 15.9. The van der Waals surface area contributed by atoms with Crippen LogP contribution in [-0.4, -0.2) is 75.3 Å². The summed E-state index contributed by atoms with van der Waals surface area (Å²) in [6.07, 6.45) is -0.948. The third-order valence-corrected chi connectivity index (χ3v) is 9.49. The maximum atomic E-state index is 13.7. The molecular weight excluding hydrogens is 684 g/mol. The van der Waals surface area contributed by atoms with Gasteiger partial charge in [0.05, 0.1) is 18.8 Å². The summed E-state index contributed by atoms with van der Waals surface area (Å²) >= 11 is 1.24. The number of carbonyl (C=O) groups is 4. The Bertz CT molecular complexity index is 1810. The normalized spacial score (nSPS) is 17.1. The number of amides is 3. The first kappa shape index (κ1) is 37.0. The van der Waals surface area contributed by atoms with Crippen LogP contribution >= 0.6 is 11.8 Å². The molecule has 4 aromatic rings. The van der Waals surface area contributed by atoms with Crippen molar-refractivity contribution >= 4 is 41.1 Å². The number of hydrogen-bond acceptors (Lipinski definition) is 8. The number of ether oxygens (including phenoxy) is 1. The highest BCUT2D eigenvalue weighted by Crippen LogP contribution is 2.46. The molecule has 11 nitrogen and oxygen atoms in total. The van der Waals surface area contributed by atoms with Gasteiger partial charge in [0.25, 0.3) is 5.91 Å². The molecule has 0 spiro atoms. The lowest BCUT2D eigenvalue weighted by molar-refractivity contribution is -0.142. The van der Waals surface area contributed by atoms with Crippen LogP contribution in [-0.2, 0) is 25.6 Å². The summed E-state index contributed by atoms with van der Waals surface area (Å²) in [4.78, 5) is 52.0. The van der Waals surface area contributed by atoms with Gasteiger partial charge < -0.3 is 35.6 Å². The highest BCUT2D eigenvalue weighted by Gasteiger charge is 2.49. The van der Waals surface area contributed by atoms with E-state index in [2.05, 4.69) is 10.6 Å². The number of carboxylic acid groups (broad SMARTS) is 1. The molecule has 1 aliphatic rings. The Hall–Kier alpha value is -5.31. The second kappa shape index (κ2) is 17.1. The number of rotatable bonds is 16. The van der Waals surface area contributed by atoms with E-state index in [0.29, 0.717) is 22.4 Å². The van der Waals surface area contributed by atoms with Gasteiger partial charge in [-0.15, -0.1) is 11.8 Å². The minimum Gasteiger partial charge on any atom is -0.484 e. The van der Waals surface area contributed by atoms with Crippen molar-refractivity contribution in [3.8, 4) is 5.75 Å². The number of benzene rings is 4. The van der Waals surface area contributed by atoms with E-state index in [-0.39, 0.29) is 23.8 Å². The Kier molecular flexibility index (Phi) is 12.4. The van der Waals surface area contributed by atoms with Crippen molar-refractivity contribution < 1.29 is 48.0 Å². The molecule has 5 atom stereocenters. The maximum absolute atomic E-state index is 13.7. The molecule has 1 heterocycles. The molecule has 0 radical (unpaired) electrons. The molecule has 51 heavy (non-hydrogen) atoms. The third kappa shape index (κ3) is 9.48. The predicted molar refractivity (Wildman–Crippen MR) is 185 cm³/mol. The number of nitrogens with zero attached hydrogens (tertiary/aromatic N) is 1. The van der Waals surface area contributed by atoms with Crippen LogP contribution in [0.4, 0.5) is 14.5 Å². The van der Waals surface area contributed by atoms with Crippen LogP contribution in [0.2, 0.25) is 0 Å². The van der Waals surface area contributed by atoms with Gasteiger partial charge in [0, 0.05) is 17.9 Å². The summed E-state index contributed by atoms with van der Waals surface area (Å²) in [6, 6.07) is 23.0. The minimum absolute atomic E-state index is 0.00117. The van der Waals surface area contributed by atoms with E-state index >= 15 is 0 Å². The van der Waals surface area contributed by atoms with Gasteiger partial charge in [-0.05, 0) is 65.2 Å². The number of β-lactam (4-membered cyclic amide) rings is 1. The van der Waals surface area contributed by atoms with Crippen molar-refractivity contribution in [2.75, 3.05) is 23.9 Å². The van der Waals surface area contributed by atoms with Crippen LogP contribution in [0.3, 0.4) is 0 Å². The van der Waals surface area contributed by atoms with Crippen LogP contribution in [0.25, 0.3) is 0 Å². The smallest absolute Gasteiger partial charge is 0.326 e. The topological polar surface area (TPSA) is 166 Å². The van der Waals surface area contributed by atoms with E-state index in [1.165, 1.54) is 65.2 Å². The monoisotopic (exact) mass is 719 g/mol. The summed E-state index contributed by atoms with van der Waals surface area (Å²) in [6.45, 7) is -1.31. The van der Waals surface area contributed by atoms with Gasteiger partial charge in [0.1, 0.15) is 34.7 Å². The lowest BCUT2D eigenvalue weighted by atomic mass is 9.92. The zero-order chi connectivity index (χ0) is 36.5. The van der Waals surface area contributed by atoms with Crippen molar-refractivity contribution in [1.82, 2.24) is 10.6 Å². The van der Waals surface area contributed by atoms with Gasteiger partial charge in [-0.25, -0.2) is 13.6 Å². The second-order valence-corrected chi connectivity index (χ2v) is 12.9. The molecule has 0 saturated carbocycles. The highest BCUT2D eigenvalue weighted by atomic mass is 32.2. The minimum atomic E-state index is -1.43. The second-order valence-electron chi connectivity index (χ2n) is 11.7. The van der Waals surface area contributed by atoms with Gasteiger partial charge in [0.15, 0.2) is 6.61 Å². The molecule has 0 aliphatic carbocycles. The van der Waals surface area contributed by atoms with Crippen molar-refractivity contribution in [3.63, 3.8) is 0 Å². The quantitative estimate of drug-likeness (QED) is 0.109. The number of aliphatic hydroxyl groups is 2. The van der Waals surface area contributed by atoms with Crippen LogP contribution < -0.4 is 20.3 Å². The number of hydrogen-bond donors (Lipinski definition) is 5. The van der Waals surface area contributed by atoms with Gasteiger partial charge >= 0.3 is 5.97 Å². The molecule has 1 fully saturated rings. The van der Waals surface area contributed by atoms with Crippen molar-refractivity contribution in [2.24, 2.45) is 0 Å². The number of aliphatic carboxylic acids is 1. The molecular formula is C37H35F2N3O8S. The number of aliphatic hydroxyl groups excluding tert-OH is 2. The molecule has 5 N–H and O–H groups in total. The van der Waals surface area contributed by atoms with Gasteiger partial charge in [-0.2, -0.15) is 0 Å². The molecule has 5 rings (SSSR count). The number of anilines is 1. The standard InChI is InChI=1S/C37H35F2N3O8S/c38-25-10-6-23(7-11-25)31(44)21-51-34-33(42(36(34)47)27-14-12-26(39)13-15-27)24-8-16-28(17-9-24)50-20-32(45)40-30(19-43)35(46)41-29(37(48)49)18-22-4-2-1-3-5-22/h1-17,29-31,33-34,43-44H,18-21H2,(H,40,45)(H,41,46)(H,48,49)/t29-,30-,31?,33-,34-/m1/s1. The number of carboxylic acids is 1. The maximum Gasteiger partial charge on any atom is 0.326 e. The van der Waals surface area contributed by atoms with E-state index in [4.69, 9.17) is 4.74 Å². The van der Waals surface area contributed by atoms with Crippen molar-refractivity contribution in [1.29, 1.82) is 0 Å². The van der Waals surface area contributed by atoms with Crippen LogP contribution in [0.15, 0.2) is 103 Å². The molecule has 0 bridgehead atoms. The molecule has 1 saturated heterocycles. The average Bonchev–Trinajstić information content (AvgIpc) is 3.13. The number of halogens is 2. The number of carbonyl (C=O) groups excluding carboxylic acids is 3. The van der Waals surface area contributed by atoms with Crippen LogP contribution in [0, 0.1) is 11.6 Å². The number of nitrogens with one attached hydrogen (secondary N) is 2. The number of thioether (sulfide) groups is 1. The summed E-state index contributed by atoms with van der Waals surface area (Å²) in [7, 11) is 0. The summed E-state index contributed by atoms with van der Waals surface area (Å²) in [5.41, 5.74) is 2.37. The lowest BCUT2D eigenvalue weighted by Gasteiger charge is -2.47. The zero-order valence-electron chi connectivity index (χ0n) is 27.0. The van der Waals surface area contributed by atoms with Gasteiger partial charge in [-0.1, -0.05) is 54.6 Å². The van der Waals surface area contributed by atoms with E-state index < -0.39 is 72.1 Å². The fraction of sp³-hybridized carbons (Fsp3) is 0.243. The molecule has 1 aliphatic heterocycles. The zero-order valence-corrected chi connectivity index (χ0v) is 27.8. The van der Waals surface area contributed by atoms with Crippen LogP contribution in [0.5, 0.6) is 5.75 Å². The molecule has 14 heteroatoms. The highest BCUT2D eigenvalue weighted by molar-refractivity contribution is 8.00. The fourth-order valence-electron chi connectivity index (χ4n) is 5.48. The third-order valence-electron chi connectivity index (χ3n) is 8.16. The Balaban J connectivity index is 1.19. The molecule has 3 amide bonds. The molecule has 0 aromatic heterocycles. The molecule has 4 aromatic carbocycles.